The first kappa shape index (κ1) is 16.8. The van der Waals surface area contributed by atoms with Gasteiger partial charge in [-0.05, 0) is 47.6 Å². The summed E-state index contributed by atoms with van der Waals surface area (Å²) in [6.07, 6.45) is 8.36. The van der Waals surface area contributed by atoms with Crippen LogP contribution in [0.1, 0.15) is 36.4 Å². The molecule has 1 aromatic carbocycles. The Morgan fingerprint density at radius 1 is 1.33 bits per heavy atom. The van der Waals surface area contributed by atoms with Crippen molar-refractivity contribution < 1.29 is 0 Å². The number of imidazole rings is 1. The fourth-order valence-corrected chi connectivity index (χ4v) is 5.40. The highest BCUT2D eigenvalue weighted by Crippen LogP contribution is 2.60. The van der Waals surface area contributed by atoms with Crippen molar-refractivity contribution in [2.45, 2.75) is 31.7 Å². The van der Waals surface area contributed by atoms with Gasteiger partial charge in [0.25, 0.3) is 0 Å². The first-order chi connectivity index (χ1) is 13.3. The lowest BCUT2D eigenvalue weighted by Crippen LogP contribution is -2.49. The molecule has 1 saturated heterocycles. The highest BCUT2D eigenvalue weighted by molar-refractivity contribution is 5.80. The standard InChI is InChI=1S/C22H29N5/c1-15-7-9-26(13-20(15)27-10-8-24-14-27)22(23-2)25-12-19-18-11-16-5-3-4-6-17(16)21(18)19/h3-6,8,10,14-15,18-21H,7,9,11-13H2,1-2H3,(H,23,25). The van der Waals surface area contributed by atoms with Crippen molar-refractivity contribution in [1.29, 1.82) is 0 Å². The molecule has 2 heterocycles. The molecule has 2 aromatic rings. The highest BCUT2D eigenvalue weighted by atomic mass is 15.3. The summed E-state index contributed by atoms with van der Waals surface area (Å²) < 4.78 is 2.26. The summed E-state index contributed by atoms with van der Waals surface area (Å²) in [4.78, 5) is 11.3. The maximum absolute atomic E-state index is 4.60. The predicted molar refractivity (Wildman–Crippen MR) is 108 cm³/mol. The molecule has 142 valence electrons. The van der Waals surface area contributed by atoms with E-state index in [-0.39, 0.29) is 0 Å². The summed E-state index contributed by atoms with van der Waals surface area (Å²) in [6.45, 7) is 5.46. The lowest BCUT2D eigenvalue weighted by Gasteiger charge is -2.39. The van der Waals surface area contributed by atoms with Gasteiger partial charge in [0.05, 0.1) is 12.4 Å². The molecule has 0 bridgehead atoms. The fraction of sp³-hybridized carbons (Fsp3) is 0.545. The third-order valence-electron chi connectivity index (χ3n) is 7.04. The summed E-state index contributed by atoms with van der Waals surface area (Å²) >= 11 is 0. The molecular weight excluding hydrogens is 334 g/mol. The molecule has 5 heteroatoms. The van der Waals surface area contributed by atoms with Crippen LogP contribution in [0, 0.1) is 17.8 Å². The molecule has 5 atom stereocenters. The Labute approximate surface area is 161 Å². The van der Waals surface area contributed by atoms with Gasteiger partial charge in [-0.2, -0.15) is 0 Å². The number of nitrogens with one attached hydrogen (secondary N) is 1. The Balaban J connectivity index is 1.21. The van der Waals surface area contributed by atoms with Gasteiger partial charge in [-0.25, -0.2) is 4.98 Å². The van der Waals surface area contributed by atoms with Crippen LogP contribution in [0.25, 0.3) is 0 Å². The van der Waals surface area contributed by atoms with E-state index in [0.717, 1.165) is 43.3 Å². The largest absolute Gasteiger partial charge is 0.356 e. The Hall–Kier alpha value is -2.30. The molecule has 0 radical (unpaired) electrons. The second kappa shape index (κ2) is 6.70. The smallest absolute Gasteiger partial charge is 0.193 e. The summed E-state index contributed by atoms with van der Waals surface area (Å²) in [7, 11) is 1.91. The minimum Gasteiger partial charge on any atom is -0.356 e. The number of aliphatic imine (C=N–C) groups is 1. The van der Waals surface area contributed by atoms with Crippen LogP contribution in [0.5, 0.6) is 0 Å². The van der Waals surface area contributed by atoms with E-state index in [4.69, 9.17) is 0 Å². The number of hydrogen-bond donors (Lipinski definition) is 1. The molecule has 5 rings (SSSR count). The second-order valence-corrected chi connectivity index (χ2v) is 8.47. The minimum absolute atomic E-state index is 0.465. The van der Waals surface area contributed by atoms with Gasteiger partial charge in [0.2, 0.25) is 0 Å². The maximum atomic E-state index is 4.60. The number of nitrogens with zero attached hydrogens (tertiary/aromatic N) is 4. The summed E-state index contributed by atoms with van der Waals surface area (Å²) in [5.74, 6) is 4.10. The van der Waals surface area contributed by atoms with Gasteiger partial charge in [0.1, 0.15) is 0 Å². The van der Waals surface area contributed by atoms with Crippen LogP contribution in [0.15, 0.2) is 48.0 Å². The van der Waals surface area contributed by atoms with Crippen molar-refractivity contribution >= 4 is 5.96 Å². The van der Waals surface area contributed by atoms with Crippen molar-refractivity contribution in [3.05, 3.63) is 54.1 Å². The minimum atomic E-state index is 0.465. The van der Waals surface area contributed by atoms with Crippen molar-refractivity contribution in [1.82, 2.24) is 19.8 Å². The van der Waals surface area contributed by atoms with Crippen LogP contribution in [0.2, 0.25) is 0 Å². The molecule has 1 aliphatic heterocycles. The zero-order chi connectivity index (χ0) is 18.4. The molecule has 2 fully saturated rings. The number of aromatic nitrogens is 2. The van der Waals surface area contributed by atoms with Gasteiger partial charge >= 0.3 is 0 Å². The molecule has 5 nitrogen and oxygen atoms in total. The molecule has 0 amide bonds. The van der Waals surface area contributed by atoms with E-state index in [1.165, 1.54) is 12.8 Å². The fourth-order valence-electron chi connectivity index (χ4n) is 5.40. The molecule has 0 spiro atoms. The Bertz CT molecular complexity index is 827. The van der Waals surface area contributed by atoms with Crippen molar-refractivity contribution in [2.24, 2.45) is 22.7 Å². The Morgan fingerprint density at radius 2 is 2.22 bits per heavy atom. The van der Waals surface area contributed by atoms with Crippen LogP contribution in [0.4, 0.5) is 0 Å². The molecule has 1 saturated carbocycles. The van der Waals surface area contributed by atoms with Crippen LogP contribution in [-0.4, -0.2) is 47.1 Å². The zero-order valence-corrected chi connectivity index (χ0v) is 16.3. The molecule has 5 unspecified atom stereocenters. The monoisotopic (exact) mass is 363 g/mol. The van der Waals surface area contributed by atoms with E-state index in [1.54, 1.807) is 11.1 Å². The molecule has 3 aliphatic rings. The van der Waals surface area contributed by atoms with Gasteiger partial charge in [-0.15, -0.1) is 0 Å². The molecule has 1 aromatic heterocycles. The number of guanidine groups is 1. The second-order valence-electron chi connectivity index (χ2n) is 8.47. The van der Waals surface area contributed by atoms with Gasteiger partial charge in [-0.1, -0.05) is 31.2 Å². The maximum Gasteiger partial charge on any atom is 0.193 e. The first-order valence-corrected chi connectivity index (χ1v) is 10.3. The quantitative estimate of drug-likeness (QED) is 0.674. The number of rotatable bonds is 3. The average Bonchev–Trinajstić information content (AvgIpc) is 3.06. The van der Waals surface area contributed by atoms with E-state index < -0.39 is 0 Å². The average molecular weight is 364 g/mol. The van der Waals surface area contributed by atoms with Gasteiger partial charge in [-0.3, -0.25) is 4.99 Å². The summed E-state index contributed by atoms with van der Waals surface area (Å²) in [5, 5.41) is 3.69. The van der Waals surface area contributed by atoms with Crippen molar-refractivity contribution in [3.8, 4) is 0 Å². The van der Waals surface area contributed by atoms with E-state index in [2.05, 4.69) is 62.1 Å². The van der Waals surface area contributed by atoms with Gasteiger partial charge < -0.3 is 14.8 Å². The van der Waals surface area contributed by atoms with E-state index in [1.807, 2.05) is 19.6 Å². The van der Waals surface area contributed by atoms with Gasteiger partial charge in [0, 0.05) is 39.1 Å². The highest BCUT2D eigenvalue weighted by Gasteiger charge is 2.55. The van der Waals surface area contributed by atoms with E-state index in [0.29, 0.717) is 12.0 Å². The number of benzene rings is 1. The number of piperidine rings is 1. The predicted octanol–water partition coefficient (Wildman–Crippen LogP) is 2.93. The summed E-state index contributed by atoms with van der Waals surface area (Å²) in [5.41, 5.74) is 3.16. The van der Waals surface area contributed by atoms with Crippen LogP contribution >= 0.6 is 0 Å². The molecule has 1 N–H and O–H groups in total. The molecular formula is C22H29N5. The Kier molecular flexibility index (Phi) is 4.18. The molecule has 2 aliphatic carbocycles. The first-order valence-electron chi connectivity index (χ1n) is 10.3. The number of hydrogen-bond acceptors (Lipinski definition) is 2. The lowest BCUT2D eigenvalue weighted by molar-refractivity contribution is 0.189. The van der Waals surface area contributed by atoms with E-state index in [9.17, 15) is 0 Å². The Morgan fingerprint density at radius 3 is 3.04 bits per heavy atom. The van der Waals surface area contributed by atoms with Crippen molar-refractivity contribution in [3.63, 3.8) is 0 Å². The number of fused-ring (bicyclic) bond motifs is 3. The normalized spacial score (nSPS) is 32.1. The number of likely N-dealkylation sites (tertiary alicyclic amines) is 1. The van der Waals surface area contributed by atoms with E-state index >= 15 is 0 Å². The van der Waals surface area contributed by atoms with Gasteiger partial charge in [0.15, 0.2) is 5.96 Å². The topological polar surface area (TPSA) is 45.5 Å². The summed E-state index contributed by atoms with van der Waals surface area (Å²) in [6, 6.07) is 9.46. The zero-order valence-electron chi connectivity index (χ0n) is 16.3. The van der Waals surface area contributed by atoms with Crippen molar-refractivity contribution in [2.75, 3.05) is 26.7 Å². The van der Waals surface area contributed by atoms with Crippen LogP contribution in [0.3, 0.4) is 0 Å². The van der Waals surface area contributed by atoms with Crippen LogP contribution < -0.4 is 5.32 Å². The van der Waals surface area contributed by atoms with Crippen LogP contribution in [-0.2, 0) is 6.42 Å². The lowest BCUT2D eigenvalue weighted by atomic mass is 9.93. The SMILES string of the molecule is CN=C(NCC1C2Cc3ccccc3C12)N1CCC(C)C(n2ccnc2)C1. The molecule has 27 heavy (non-hydrogen) atoms. The third-order valence-corrected chi connectivity index (χ3v) is 7.04. The third kappa shape index (κ3) is 2.93.